The molecule has 2 aliphatic heterocycles. The van der Waals surface area contributed by atoms with Crippen LogP contribution < -0.4 is 0 Å². The molecule has 1 amide bonds. The normalized spacial score (nSPS) is 21.8. The van der Waals surface area contributed by atoms with Gasteiger partial charge < -0.3 is 5.11 Å². The maximum absolute atomic E-state index is 13.0. The number of likely N-dealkylation sites (tertiary alicyclic amines) is 1. The van der Waals surface area contributed by atoms with Gasteiger partial charge in [-0.2, -0.15) is 0 Å². The summed E-state index contributed by atoms with van der Waals surface area (Å²) in [6, 6.07) is 14.9. The molecule has 2 fully saturated rings. The van der Waals surface area contributed by atoms with E-state index in [1.54, 1.807) is 12.1 Å². The van der Waals surface area contributed by atoms with Gasteiger partial charge in [0.15, 0.2) is 0 Å². The van der Waals surface area contributed by atoms with Crippen LogP contribution in [0.4, 0.5) is 0 Å². The molecule has 0 aromatic heterocycles. The number of hydrogen-bond donors (Lipinski definition) is 1. The fourth-order valence-corrected chi connectivity index (χ4v) is 4.26. The van der Waals surface area contributed by atoms with E-state index in [9.17, 15) is 9.90 Å². The van der Waals surface area contributed by atoms with Gasteiger partial charge in [-0.1, -0.05) is 35.9 Å². The average molecular weight is 401 g/mol. The van der Waals surface area contributed by atoms with Gasteiger partial charge in [0.1, 0.15) is 5.75 Å². The molecule has 1 unspecified atom stereocenters. The van der Waals surface area contributed by atoms with Gasteiger partial charge in [0, 0.05) is 5.02 Å². The molecule has 0 aliphatic carbocycles. The molecule has 2 saturated heterocycles. The van der Waals surface area contributed by atoms with Crippen LogP contribution in [0.15, 0.2) is 48.5 Å². The van der Waals surface area contributed by atoms with Crippen molar-refractivity contribution in [2.45, 2.75) is 37.8 Å². The first-order chi connectivity index (χ1) is 13.6. The first kappa shape index (κ1) is 19.2. The summed E-state index contributed by atoms with van der Waals surface area (Å²) in [6.45, 7) is 2.80. The van der Waals surface area contributed by atoms with Crippen LogP contribution in [0, 0.1) is 0 Å². The van der Waals surface area contributed by atoms with Crippen LogP contribution in [0.2, 0.25) is 5.02 Å². The van der Waals surface area contributed by atoms with E-state index >= 15 is 0 Å². The lowest BCUT2D eigenvalue weighted by atomic mass is 9.88. The van der Waals surface area contributed by atoms with E-state index in [1.807, 2.05) is 36.4 Å². The molecule has 2 aliphatic rings. The number of carbonyl (C=O) groups excluding carboxylic acids is 1. The second-order valence-corrected chi connectivity index (χ2v) is 7.98. The molecule has 0 spiro atoms. The number of amides is 1. The Morgan fingerprint density at radius 3 is 2.36 bits per heavy atom. The molecule has 2 heterocycles. The molecule has 5 nitrogen and oxygen atoms in total. The molecule has 2 aromatic carbocycles. The van der Waals surface area contributed by atoms with E-state index in [1.165, 1.54) is 10.6 Å². The maximum atomic E-state index is 13.0. The Kier molecular flexibility index (Phi) is 5.85. The molecular formula is C22H25ClN2O3. The van der Waals surface area contributed by atoms with E-state index in [2.05, 4.69) is 4.90 Å². The summed E-state index contributed by atoms with van der Waals surface area (Å²) in [7, 11) is 0. The van der Waals surface area contributed by atoms with E-state index in [4.69, 9.17) is 16.4 Å². The highest BCUT2D eigenvalue weighted by atomic mass is 35.5. The SMILES string of the molecule is O=C1C(N2CCC(c3ccc(O)cc3)CC2)CCON1Cc1ccc(Cl)cc1. The van der Waals surface area contributed by atoms with Gasteiger partial charge in [-0.15, -0.1) is 0 Å². The Bertz CT molecular complexity index is 802. The van der Waals surface area contributed by atoms with Crippen LogP contribution in [0.5, 0.6) is 5.75 Å². The first-order valence-electron chi connectivity index (χ1n) is 9.82. The second kappa shape index (κ2) is 8.52. The lowest BCUT2D eigenvalue weighted by Gasteiger charge is -2.41. The molecule has 2 aromatic rings. The van der Waals surface area contributed by atoms with Gasteiger partial charge in [0.05, 0.1) is 19.2 Å². The van der Waals surface area contributed by atoms with Crippen molar-refractivity contribution in [1.29, 1.82) is 0 Å². The van der Waals surface area contributed by atoms with Crippen molar-refractivity contribution in [3.05, 3.63) is 64.7 Å². The van der Waals surface area contributed by atoms with E-state index < -0.39 is 0 Å². The zero-order valence-electron chi connectivity index (χ0n) is 15.8. The summed E-state index contributed by atoms with van der Waals surface area (Å²) >= 11 is 5.94. The van der Waals surface area contributed by atoms with Crippen molar-refractivity contribution in [3.63, 3.8) is 0 Å². The lowest BCUT2D eigenvalue weighted by Crippen LogP contribution is -2.54. The predicted octanol–water partition coefficient (Wildman–Crippen LogP) is 3.96. The van der Waals surface area contributed by atoms with Gasteiger partial charge in [-0.3, -0.25) is 14.5 Å². The number of phenols is 1. The molecule has 0 saturated carbocycles. The van der Waals surface area contributed by atoms with Crippen molar-refractivity contribution >= 4 is 17.5 Å². The summed E-state index contributed by atoms with van der Waals surface area (Å²) in [4.78, 5) is 20.9. The fraction of sp³-hybridized carbons (Fsp3) is 0.409. The molecule has 148 valence electrons. The summed E-state index contributed by atoms with van der Waals surface area (Å²) in [5.41, 5.74) is 2.27. The highest BCUT2D eigenvalue weighted by Gasteiger charge is 2.36. The minimum Gasteiger partial charge on any atom is -0.508 e. The number of halogens is 1. The average Bonchev–Trinajstić information content (AvgIpc) is 2.72. The van der Waals surface area contributed by atoms with Gasteiger partial charge in [-0.05, 0) is 73.7 Å². The lowest BCUT2D eigenvalue weighted by molar-refractivity contribution is -0.212. The third kappa shape index (κ3) is 4.32. The third-order valence-corrected chi connectivity index (χ3v) is 6.00. The highest BCUT2D eigenvalue weighted by Crippen LogP contribution is 2.31. The number of benzene rings is 2. The van der Waals surface area contributed by atoms with Crippen LogP contribution in [-0.2, 0) is 16.2 Å². The maximum Gasteiger partial charge on any atom is 0.263 e. The Labute approximate surface area is 170 Å². The number of nitrogens with zero attached hydrogens (tertiary/aromatic N) is 2. The molecule has 28 heavy (non-hydrogen) atoms. The highest BCUT2D eigenvalue weighted by molar-refractivity contribution is 6.30. The van der Waals surface area contributed by atoms with Gasteiger partial charge in [0.2, 0.25) is 0 Å². The summed E-state index contributed by atoms with van der Waals surface area (Å²) < 4.78 is 0. The second-order valence-electron chi connectivity index (χ2n) is 7.54. The van der Waals surface area contributed by atoms with Crippen LogP contribution in [0.1, 0.15) is 36.3 Å². The number of carbonyl (C=O) groups is 1. The van der Waals surface area contributed by atoms with Crippen LogP contribution in [-0.4, -0.2) is 46.7 Å². The Hall–Kier alpha value is -2.08. The number of piperidine rings is 1. The zero-order chi connectivity index (χ0) is 19.5. The largest absolute Gasteiger partial charge is 0.508 e. The minimum atomic E-state index is -0.109. The number of aromatic hydroxyl groups is 1. The molecule has 4 rings (SSSR count). The molecular weight excluding hydrogens is 376 g/mol. The monoisotopic (exact) mass is 400 g/mol. The fourth-order valence-electron chi connectivity index (χ4n) is 4.14. The van der Waals surface area contributed by atoms with E-state index in [-0.39, 0.29) is 11.9 Å². The van der Waals surface area contributed by atoms with Crippen LogP contribution >= 0.6 is 11.6 Å². The van der Waals surface area contributed by atoms with Crippen LogP contribution in [0.25, 0.3) is 0 Å². The van der Waals surface area contributed by atoms with Crippen molar-refractivity contribution in [2.24, 2.45) is 0 Å². The van der Waals surface area contributed by atoms with E-state index in [0.29, 0.717) is 29.8 Å². The van der Waals surface area contributed by atoms with Crippen LogP contribution in [0.3, 0.4) is 0 Å². The quantitative estimate of drug-likeness (QED) is 0.844. The zero-order valence-corrected chi connectivity index (χ0v) is 16.5. The Balaban J connectivity index is 1.36. The van der Waals surface area contributed by atoms with Gasteiger partial charge in [0.25, 0.3) is 5.91 Å². The number of hydroxylamine groups is 2. The number of rotatable bonds is 4. The minimum absolute atomic E-state index is 0.0456. The van der Waals surface area contributed by atoms with Gasteiger partial charge in [-0.25, -0.2) is 5.06 Å². The van der Waals surface area contributed by atoms with Gasteiger partial charge >= 0.3 is 0 Å². The Morgan fingerprint density at radius 2 is 1.68 bits per heavy atom. The first-order valence-corrected chi connectivity index (χ1v) is 10.2. The van der Waals surface area contributed by atoms with Crippen molar-refractivity contribution < 1.29 is 14.7 Å². The number of phenolic OH excluding ortho intramolecular Hbond substituents is 1. The van der Waals surface area contributed by atoms with Crippen molar-refractivity contribution in [2.75, 3.05) is 19.7 Å². The summed E-state index contributed by atoms with van der Waals surface area (Å²) in [5.74, 6) is 0.830. The van der Waals surface area contributed by atoms with Crippen molar-refractivity contribution in [1.82, 2.24) is 9.96 Å². The molecule has 0 bridgehead atoms. The van der Waals surface area contributed by atoms with E-state index in [0.717, 1.165) is 37.9 Å². The molecule has 1 N–H and O–H groups in total. The predicted molar refractivity (Wildman–Crippen MR) is 108 cm³/mol. The third-order valence-electron chi connectivity index (χ3n) is 5.74. The smallest absolute Gasteiger partial charge is 0.263 e. The number of hydrogen-bond acceptors (Lipinski definition) is 4. The molecule has 6 heteroatoms. The summed E-state index contributed by atoms with van der Waals surface area (Å²) in [5, 5.41) is 11.7. The molecule has 1 atom stereocenters. The van der Waals surface area contributed by atoms with Crippen molar-refractivity contribution in [3.8, 4) is 5.75 Å². The Morgan fingerprint density at radius 1 is 1.00 bits per heavy atom. The topological polar surface area (TPSA) is 53.0 Å². The standard InChI is InChI=1S/C22H25ClN2O3/c23-19-5-1-16(2-6-19)15-25-22(27)21(11-14-28-25)24-12-9-18(10-13-24)17-3-7-20(26)8-4-17/h1-8,18,21,26H,9-15H2. The molecule has 0 radical (unpaired) electrons. The summed E-state index contributed by atoms with van der Waals surface area (Å²) in [6.07, 6.45) is 2.78.